The van der Waals surface area contributed by atoms with Crippen molar-refractivity contribution in [1.82, 2.24) is 9.97 Å². The molecule has 4 rings (SSSR count). The molecule has 0 aliphatic rings. The second-order valence-electron chi connectivity index (χ2n) is 7.53. The quantitative estimate of drug-likeness (QED) is 0.332. The molecule has 0 saturated heterocycles. The van der Waals surface area contributed by atoms with Gasteiger partial charge in [0, 0.05) is 10.7 Å². The molecule has 8 heteroatoms. The smallest absolute Gasteiger partial charge is 0.263 e. The van der Waals surface area contributed by atoms with Crippen LogP contribution in [0.15, 0.2) is 77.7 Å². The van der Waals surface area contributed by atoms with Crippen LogP contribution in [0.3, 0.4) is 0 Å². The van der Waals surface area contributed by atoms with E-state index in [1.165, 1.54) is 17.7 Å². The highest BCUT2D eigenvalue weighted by Gasteiger charge is 2.19. The lowest BCUT2D eigenvalue weighted by atomic mass is 9.99. The summed E-state index contributed by atoms with van der Waals surface area (Å²) in [6, 6.07) is 21.4. The van der Waals surface area contributed by atoms with Crippen molar-refractivity contribution in [1.29, 1.82) is 0 Å². The largest absolute Gasteiger partial charge is 0.337 e. The van der Waals surface area contributed by atoms with E-state index in [4.69, 9.17) is 11.6 Å². The number of halogens is 1. The Kier molecular flexibility index (Phi) is 6.30. The van der Waals surface area contributed by atoms with E-state index in [2.05, 4.69) is 46.0 Å². The fourth-order valence-electron chi connectivity index (χ4n) is 3.25. The van der Waals surface area contributed by atoms with Crippen LogP contribution in [0.2, 0.25) is 5.02 Å². The summed E-state index contributed by atoms with van der Waals surface area (Å²) < 4.78 is 28.5. The first-order valence-corrected chi connectivity index (χ1v) is 12.1. The minimum atomic E-state index is -3.92. The Morgan fingerprint density at radius 2 is 1.56 bits per heavy atom. The summed E-state index contributed by atoms with van der Waals surface area (Å²) in [6.07, 6.45) is 1.05. The highest BCUT2D eigenvalue weighted by molar-refractivity contribution is 7.92. The fraction of sp³-hybridized carbons (Fsp3) is 0.167. The van der Waals surface area contributed by atoms with Crippen molar-refractivity contribution in [3.8, 4) is 0 Å². The predicted molar refractivity (Wildman–Crippen MR) is 130 cm³/mol. The van der Waals surface area contributed by atoms with Crippen LogP contribution in [0.4, 0.5) is 17.3 Å². The molecule has 0 radical (unpaired) electrons. The van der Waals surface area contributed by atoms with Gasteiger partial charge in [-0.3, -0.25) is 4.72 Å². The first-order chi connectivity index (χ1) is 15.4. The van der Waals surface area contributed by atoms with Crippen molar-refractivity contribution < 1.29 is 8.42 Å². The summed E-state index contributed by atoms with van der Waals surface area (Å²) >= 11 is 5.98. The van der Waals surface area contributed by atoms with Crippen LogP contribution in [0.25, 0.3) is 11.0 Å². The molecule has 0 saturated carbocycles. The molecule has 164 valence electrons. The third-order valence-electron chi connectivity index (χ3n) is 5.26. The average Bonchev–Trinajstić information content (AvgIpc) is 2.79. The van der Waals surface area contributed by atoms with Crippen molar-refractivity contribution in [3.05, 3.63) is 83.4 Å². The van der Waals surface area contributed by atoms with Gasteiger partial charge >= 0.3 is 0 Å². The average molecular weight is 467 g/mol. The maximum absolute atomic E-state index is 13.0. The summed E-state index contributed by atoms with van der Waals surface area (Å²) in [5.74, 6) is 0.879. The van der Waals surface area contributed by atoms with Crippen molar-refractivity contribution >= 4 is 50.0 Å². The van der Waals surface area contributed by atoms with E-state index in [0.717, 1.165) is 12.1 Å². The molecule has 0 aliphatic heterocycles. The molecular weight excluding hydrogens is 444 g/mol. The van der Waals surface area contributed by atoms with Crippen LogP contribution >= 0.6 is 11.6 Å². The third kappa shape index (κ3) is 4.84. The van der Waals surface area contributed by atoms with Gasteiger partial charge in [0.25, 0.3) is 10.0 Å². The van der Waals surface area contributed by atoms with E-state index < -0.39 is 10.0 Å². The number of anilines is 3. The lowest BCUT2D eigenvalue weighted by Gasteiger charge is -2.15. The maximum atomic E-state index is 13.0. The molecule has 3 aromatic carbocycles. The van der Waals surface area contributed by atoms with E-state index in [1.54, 1.807) is 18.2 Å². The number of nitrogens with zero attached hydrogens (tertiary/aromatic N) is 2. The van der Waals surface area contributed by atoms with E-state index in [-0.39, 0.29) is 10.7 Å². The van der Waals surface area contributed by atoms with Crippen molar-refractivity contribution in [2.75, 3.05) is 10.0 Å². The molecule has 0 fully saturated rings. The first kappa shape index (κ1) is 22.0. The summed E-state index contributed by atoms with van der Waals surface area (Å²) in [5, 5.41) is 3.54. The Bertz CT molecular complexity index is 1360. The molecular formula is C24H23ClN4O2S. The van der Waals surface area contributed by atoms with Gasteiger partial charge in [0.05, 0.1) is 15.9 Å². The monoisotopic (exact) mass is 466 g/mol. The van der Waals surface area contributed by atoms with Gasteiger partial charge in [0.15, 0.2) is 11.6 Å². The number of fused-ring (bicyclic) bond motifs is 1. The minimum Gasteiger partial charge on any atom is -0.337 e. The fourth-order valence-corrected chi connectivity index (χ4v) is 4.56. The zero-order chi connectivity index (χ0) is 22.7. The molecule has 2 N–H and O–H groups in total. The lowest BCUT2D eigenvalue weighted by Crippen LogP contribution is -2.16. The highest BCUT2D eigenvalue weighted by atomic mass is 35.5. The molecule has 6 nitrogen and oxygen atoms in total. The van der Waals surface area contributed by atoms with Crippen LogP contribution in [0, 0.1) is 0 Å². The Labute approximate surface area is 192 Å². The van der Waals surface area contributed by atoms with Gasteiger partial charge in [-0.25, -0.2) is 18.4 Å². The maximum Gasteiger partial charge on any atom is 0.263 e. The minimum absolute atomic E-state index is 0.0452. The second kappa shape index (κ2) is 9.14. The van der Waals surface area contributed by atoms with Crippen LogP contribution in [-0.2, 0) is 10.0 Å². The number of rotatable bonds is 7. The molecule has 0 unspecified atom stereocenters. The Morgan fingerprint density at radius 1 is 0.906 bits per heavy atom. The van der Waals surface area contributed by atoms with E-state index in [1.807, 2.05) is 30.3 Å². The number of hydrogen-bond donors (Lipinski definition) is 2. The van der Waals surface area contributed by atoms with Gasteiger partial charge in [0.1, 0.15) is 0 Å². The van der Waals surface area contributed by atoms with Gasteiger partial charge in [-0.15, -0.1) is 0 Å². The molecule has 1 atom stereocenters. The molecule has 4 aromatic rings. The number of aromatic nitrogens is 2. The third-order valence-corrected chi connectivity index (χ3v) is 6.83. The van der Waals surface area contributed by atoms with Crippen LogP contribution in [-0.4, -0.2) is 18.4 Å². The van der Waals surface area contributed by atoms with E-state index >= 15 is 0 Å². The Morgan fingerprint density at radius 3 is 2.19 bits per heavy atom. The van der Waals surface area contributed by atoms with Gasteiger partial charge < -0.3 is 5.32 Å². The molecule has 0 aliphatic carbocycles. The summed E-state index contributed by atoms with van der Waals surface area (Å²) in [6.45, 7) is 4.33. The zero-order valence-corrected chi connectivity index (χ0v) is 19.3. The van der Waals surface area contributed by atoms with Crippen LogP contribution < -0.4 is 10.0 Å². The number of sulfonamides is 1. The molecule has 1 heterocycles. The van der Waals surface area contributed by atoms with Crippen molar-refractivity contribution in [2.24, 2.45) is 0 Å². The number of para-hydroxylation sites is 2. The normalized spacial score (nSPS) is 12.5. The first-order valence-electron chi connectivity index (χ1n) is 10.3. The SMILES string of the molecule is CC[C@@H](C)c1ccc(Nc2nc3ccccc3nc2NS(=O)(=O)c2cccc(Cl)c2)cc1. The van der Waals surface area contributed by atoms with Crippen molar-refractivity contribution in [3.63, 3.8) is 0 Å². The Balaban J connectivity index is 1.72. The standard InChI is InChI=1S/C24H23ClN4O2S/c1-3-16(2)17-11-13-19(14-12-17)26-23-24(28-22-10-5-4-9-21(22)27-23)29-32(30,31)20-8-6-7-18(25)15-20/h4-16H,3H2,1-2H3,(H,26,27)(H,28,29)/t16-/m1/s1. The van der Waals surface area contributed by atoms with Crippen LogP contribution in [0.5, 0.6) is 0 Å². The number of nitrogens with one attached hydrogen (secondary N) is 2. The lowest BCUT2D eigenvalue weighted by molar-refractivity contribution is 0.601. The van der Waals surface area contributed by atoms with Gasteiger partial charge in [-0.2, -0.15) is 0 Å². The van der Waals surface area contributed by atoms with E-state index in [0.29, 0.717) is 27.8 Å². The van der Waals surface area contributed by atoms with Crippen molar-refractivity contribution in [2.45, 2.75) is 31.1 Å². The number of hydrogen-bond acceptors (Lipinski definition) is 5. The van der Waals surface area contributed by atoms with Crippen LogP contribution in [0.1, 0.15) is 31.7 Å². The molecule has 0 amide bonds. The van der Waals surface area contributed by atoms with Gasteiger partial charge in [0.2, 0.25) is 0 Å². The van der Waals surface area contributed by atoms with Gasteiger partial charge in [-0.05, 0) is 60.4 Å². The van der Waals surface area contributed by atoms with E-state index in [9.17, 15) is 8.42 Å². The summed E-state index contributed by atoms with van der Waals surface area (Å²) in [5.41, 5.74) is 3.25. The highest BCUT2D eigenvalue weighted by Crippen LogP contribution is 2.28. The molecule has 32 heavy (non-hydrogen) atoms. The Hall–Kier alpha value is -3.16. The topological polar surface area (TPSA) is 84.0 Å². The summed E-state index contributed by atoms with van der Waals surface area (Å²) in [7, 11) is -3.92. The predicted octanol–water partition coefficient (Wildman–Crippen LogP) is 6.34. The molecule has 0 spiro atoms. The number of benzene rings is 3. The molecule has 0 bridgehead atoms. The van der Waals surface area contributed by atoms with Gasteiger partial charge in [-0.1, -0.05) is 55.8 Å². The second-order valence-corrected chi connectivity index (χ2v) is 9.65. The molecule has 1 aromatic heterocycles. The summed E-state index contributed by atoms with van der Waals surface area (Å²) in [4.78, 5) is 9.17. The zero-order valence-electron chi connectivity index (χ0n) is 17.7.